The molecule has 2 rings (SSSR count). The fourth-order valence-corrected chi connectivity index (χ4v) is 5.09. The van der Waals surface area contributed by atoms with Crippen molar-refractivity contribution in [3.05, 3.63) is 24.3 Å². The molecule has 5 nitrogen and oxygen atoms in total. The first kappa shape index (κ1) is 19.3. The predicted octanol–water partition coefficient (Wildman–Crippen LogP) is 3.33. The topological polar surface area (TPSA) is 66.5 Å². The number of rotatable bonds is 7. The Balaban J connectivity index is 1.92. The highest BCUT2D eigenvalue weighted by molar-refractivity contribution is 8.00. The molecule has 1 aromatic carbocycles. The molecule has 1 aliphatic rings. The molecule has 0 spiro atoms. The monoisotopic (exact) mass is 370 g/mol. The van der Waals surface area contributed by atoms with Crippen molar-refractivity contribution in [3.63, 3.8) is 0 Å². The van der Waals surface area contributed by atoms with E-state index in [1.54, 1.807) is 30.9 Å². The van der Waals surface area contributed by atoms with Crippen molar-refractivity contribution in [2.24, 2.45) is 0 Å². The molecule has 0 aromatic heterocycles. The highest BCUT2D eigenvalue weighted by atomic mass is 32.2. The van der Waals surface area contributed by atoms with E-state index >= 15 is 0 Å². The lowest BCUT2D eigenvalue weighted by molar-refractivity contribution is -0.113. The van der Waals surface area contributed by atoms with Gasteiger partial charge in [0.1, 0.15) is 0 Å². The standard InChI is InChI=1S/C17H26N2O3S2/c1-13(2)19(3)24(21,22)16-10-8-14(9-11-16)18-17(20)12-23-15-6-4-5-7-15/h8-11,13,15H,4-7,12H2,1-3H3,(H,18,20). The summed E-state index contributed by atoms with van der Waals surface area (Å²) in [5.41, 5.74) is 0.623. The number of carbonyl (C=O) groups is 1. The third-order valence-electron chi connectivity index (χ3n) is 4.29. The Bertz CT molecular complexity index is 651. The molecular formula is C17H26N2O3S2. The molecule has 1 fully saturated rings. The molecule has 1 N–H and O–H groups in total. The Labute approximate surface area is 149 Å². The van der Waals surface area contributed by atoms with E-state index in [1.165, 1.54) is 42.1 Å². The van der Waals surface area contributed by atoms with E-state index in [-0.39, 0.29) is 16.8 Å². The van der Waals surface area contributed by atoms with Crippen molar-refractivity contribution in [1.29, 1.82) is 0 Å². The fourth-order valence-electron chi connectivity index (χ4n) is 2.60. The summed E-state index contributed by atoms with van der Waals surface area (Å²) in [6, 6.07) is 6.24. The van der Waals surface area contributed by atoms with Gasteiger partial charge in [-0.1, -0.05) is 12.8 Å². The van der Waals surface area contributed by atoms with Crippen molar-refractivity contribution in [2.45, 2.75) is 55.7 Å². The zero-order valence-corrected chi connectivity index (χ0v) is 16.1. The fraction of sp³-hybridized carbons (Fsp3) is 0.588. The van der Waals surface area contributed by atoms with Gasteiger partial charge in [0, 0.05) is 24.0 Å². The average molecular weight is 371 g/mol. The number of hydrogen-bond donors (Lipinski definition) is 1. The van der Waals surface area contributed by atoms with Crippen molar-refractivity contribution in [2.75, 3.05) is 18.1 Å². The minimum Gasteiger partial charge on any atom is -0.325 e. The van der Waals surface area contributed by atoms with Gasteiger partial charge in [-0.15, -0.1) is 11.8 Å². The van der Waals surface area contributed by atoms with Crippen molar-refractivity contribution >= 4 is 33.4 Å². The Kier molecular flexibility index (Phi) is 6.71. The van der Waals surface area contributed by atoms with Crippen LogP contribution in [0.15, 0.2) is 29.2 Å². The van der Waals surface area contributed by atoms with Gasteiger partial charge < -0.3 is 5.32 Å². The lowest BCUT2D eigenvalue weighted by Crippen LogP contribution is -2.33. The van der Waals surface area contributed by atoms with E-state index in [2.05, 4.69) is 5.32 Å². The van der Waals surface area contributed by atoms with Crippen LogP contribution in [0.2, 0.25) is 0 Å². The maximum Gasteiger partial charge on any atom is 0.243 e. The Morgan fingerprint density at radius 1 is 1.25 bits per heavy atom. The van der Waals surface area contributed by atoms with Crippen LogP contribution in [-0.4, -0.2) is 42.7 Å². The summed E-state index contributed by atoms with van der Waals surface area (Å²) in [7, 11) is -1.92. The van der Waals surface area contributed by atoms with E-state index in [1.807, 2.05) is 13.8 Å². The summed E-state index contributed by atoms with van der Waals surface area (Å²) < 4.78 is 26.1. The van der Waals surface area contributed by atoms with Crippen molar-refractivity contribution in [1.82, 2.24) is 4.31 Å². The zero-order chi connectivity index (χ0) is 17.7. The number of carbonyl (C=O) groups excluding carboxylic acids is 1. The maximum atomic E-state index is 12.4. The molecule has 0 bridgehead atoms. The van der Waals surface area contributed by atoms with Gasteiger partial charge in [-0.3, -0.25) is 4.79 Å². The molecule has 1 amide bonds. The average Bonchev–Trinajstić information content (AvgIpc) is 3.06. The number of anilines is 1. The van der Waals surface area contributed by atoms with Crippen LogP contribution in [0.4, 0.5) is 5.69 Å². The first-order chi connectivity index (χ1) is 11.3. The zero-order valence-electron chi connectivity index (χ0n) is 14.5. The highest BCUT2D eigenvalue weighted by Crippen LogP contribution is 2.29. The number of sulfonamides is 1. The summed E-state index contributed by atoms with van der Waals surface area (Å²) >= 11 is 1.71. The van der Waals surface area contributed by atoms with Gasteiger partial charge in [0.25, 0.3) is 0 Å². The summed E-state index contributed by atoms with van der Waals surface area (Å²) in [4.78, 5) is 12.2. The normalized spacial score (nSPS) is 16.0. The van der Waals surface area contributed by atoms with Crippen LogP contribution in [0.5, 0.6) is 0 Å². The van der Waals surface area contributed by atoms with E-state index < -0.39 is 10.0 Å². The molecule has 1 aromatic rings. The van der Waals surface area contributed by atoms with Crippen LogP contribution >= 0.6 is 11.8 Å². The van der Waals surface area contributed by atoms with Gasteiger partial charge >= 0.3 is 0 Å². The van der Waals surface area contributed by atoms with Crippen LogP contribution in [0.3, 0.4) is 0 Å². The Morgan fingerprint density at radius 2 is 1.83 bits per heavy atom. The lowest BCUT2D eigenvalue weighted by atomic mass is 10.3. The molecule has 7 heteroatoms. The molecule has 0 aliphatic heterocycles. The quantitative estimate of drug-likeness (QED) is 0.799. The Morgan fingerprint density at radius 3 is 2.38 bits per heavy atom. The third-order valence-corrected chi connectivity index (χ3v) is 7.71. The van der Waals surface area contributed by atoms with Gasteiger partial charge in [-0.25, -0.2) is 8.42 Å². The molecule has 0 unspecified atom stereocenters. The molecule has 0 radical (unpaired) electrons. The van der Waals surface area contributed by atoms with E-state index in [4.69, 9.17) is 0 Å². The molecule has 134 valence electrons. The second-order valence-corrected chi connectivity index (χ2v) is 9.69. The van der Waals surface area contributed by atoms with E-state index in [0.29, 0.717) is 16.7 Å². The summed E-state index contributed by atoms with van der Waals surface area (Å²) in [5, 5.41) is 3.43. The molecule has 0 saturated heterocycles. The third kappa shape index (κ3) is 4.97. The molecule has 1 aliphatic carbocycles. The highest BCUT2D eigenvalue weighted by Gasteiger charge is 2.23. The molecule has 0 atom stereocenters. The first-order valence-electron chi connectivity index (χ1n) is 8.30. The number of nitrogens with one attached hydrogen (secondary N) is 1. The molecule has 1 saturated carbocycles. The number of hydrogen-bond acceptors (Lipinski definition) is 4. The van der Waals surface area contributed by atoms with E-state index in [9.17, 15) is 13.2 Å². The summed E-state index contributed by atoms with van der Waals surface area (Å²) in [6.07, 6.45) is 4.93. The number of amides is 1. The van der Waals surface area contributed by atoms with Gasteiger partial charge in [-0.2, -0.15) is 4.31 Å². The molecule has 24 heavy (non-hydrogen) atoms. The van der Waals surface area contributed by atoms with Crippen LogP contribution in [0, 0.1) is 0 Å². The van der Waals surface area contributed by atoms with Crippen LogP contribution in [0.25, 0.3) is 0 Å². The van der Waals surface area contributed by atoms with Gasteiger partial charge in [0.05, 0.1) is 10.6 Å². The Hall–Kier alpha value is -1.05. The van der Waals surface area contributed by atoms with Gasteiger partial charge in [0.15, 0.2) is 0 Å². The van der Waals surface area contributed by atoms with Gasteiger partial charge in [-0.05, 0) is 51.0 Å². The summed E-state index contributed by atoms with van der Waals surface area (Å²) in [5.74, 6) is 0.405. The second-order valence-electron chi connectivity index (χ2n) is 6.41. The second kappa shape index (κ2) is 8.36. The van der Waals surface area contributed by atoms with Crippen molar-refractivity contribution < 1.29 is 13.2 Å². The summed E-state index contributed by atoms with van der Waals surface area (Å²) in [6.45, 7) is 3.66. The largest absolute Gasteiger partial charge is 0.325 e. The minimum absolute atomic E-state index is 0.0400. The number of thioether (sulfide) groups is 1. The SMILES string of the molecule is CC(C)N(C)S(=O)(=O)c1ccc(NC(=O)CSC2CCCC2)cc1. The van der Waals surface area contributed by atoms with Crippen LogP contribution < -0.4 is 5.32 Å². The van der Waals surface area contributed by atoms with E-state index in [0.717, 1.165) is 0 Å². The molecule has 0 heterocycles. The number of benzene rings is 1. The maximum absolute atomic E-state index is 12.4. The van der Waals surface area contributed by atoms with Crippen molar-refractivity contribution in [3.8, 4) is 0 Å². The predicted molar refractivity (Wildman–Crippen MR) is 99.9 cm³/mol. The van der Waals surface area contributed by atoms with Crippen LogP contribution in [-0.2, 0) is 14.8 Å². The lowest BCUT2D eigenvalue weighted by Gasteiger charge is -2.21. The molecular weight excluding hydrogens is 344 g/mol. The first-order valence-corrected chi connectivity index (χ1v) is 10.8. The number of nitrogens with zero attached hydrogens (tertiary/aromatic N) is 1. The van der Waals surface area contributed by atoms with Gasteiger partial charge in [0.2, 0.25) is 15.9 Å². The minimum atomic E-state index is -3.49. The van der Waals surface area contributed by atoms with Crippen LogP contribution in [0.1, 0.15) is 39.5 Å². The smallest absolute Gasteiger partial charge is 0.243 e.